The van der Waals surface area contributed by atoms with Crippen LogP contribution < -0.4 is 0 Å². The smallest absolute Gasteiger partial charge is 0.160 e. The van der Waals surface area contributed by atoms with Crippen LogP contribution in [0.15, 0.2) is 152 Å². The maximum Gasteiger partial charge on any atom is 0.160 e. The van der Waals surface area contributed by atoms with Gasteiger partial charge in [0.1, 0.15) is 0 Å². The van der Waals surface area contributed by atoms with Crippen LogP contribution in [-0.4, -0.2) is 15.0 Å². The van der Waals surface area contributed by atoms with E-state index in [2.05, 4.69) is 132 Å². The van der Waals surface area contributed by atoms with Gasteiger partial charge in [-0.05, 0) is 61.6 Å². The molecule has 0 spiro atoms. The second-order valence-electron chi connectivity index (χ2n) is 10.5. The van der Waals surface area contributed by atoms with Crippen molar-refractivity contribution in [3.05, 3.63) is 152 Å². The van der Waals surface area contributed by atoms with E-state index >= 15 is 0 Å². The Hall–Kier alpha value is -5.67. The Morgan fingerprint density at radius 3 is 1.88 bits per heavy atom. The number of benzene rings is 6. The Morgan fingerprint density at radius 1 is 0.405 bits per heavy atom. The molecule has 42 heavy (non-hydrogen) atoms. The first kappa shape index (κ1) is 24.2. The summed E-state index contributed by atoms with van der Waals surface area (Å²) in [7, 11) is 0. The molecule has 0 unspecified atom stereocenters. The first-order valence-corrected chi connectivity index (χ1v) is 14.1. The summed E-state index contributed by atoms with van der Waals surface area (Å²) in [5.74, 6) is 0.701. The molecule has 3 nitrogen and oxygen atoms in total. The van der Waals surface area contributed by atoms with E-state index in [1.165, 1.54) is 32.3 Å². The monoisotopic (exact) mass is 535 g/mol. The molecule has 3 heteroatoms. The van der Waals surface area contributed by atoms with Crippen molar-refractivity contribution < 1.29 is 0 Å². The topological polar surface area (TPSA) is 38.7 Å². The van der Waals surface area contributed by atoms with Gasteiger partial charge in [0.2, 0.25) is 0 Å². The molecule has 8 aromatic rings. The number of hydrogen-bond donors (Lipinski definition) is 0. The number of nitrogens with zero attached hydrogens (tertiary/aromatic N) is 3. The molecule has 196 valence electrons. The summed E-state index contributed by atoms with van der Waals surface area (Å²) in [5.41, 5.74) is 7.12. The van der Waals surface area contributed by atoms with Gasteiger partial charge < -0.3 is 0 Å². The highest BCUT2D eigenvalue weighted by molar-refractivity contribution is 6.23. The fraction of sp³-hybridized carbons (Fsp3) is 0. The second-order valence-corrected chi connectivity index (χ2v) is 10.5. The van der Waals surface area contributed by atoms with Crippen LogP contribution in [0.1, 0.15) is 0 Å². The number of fused-ring (bicyclic) bond motifs is 5. The zero-order valence-corrected chi connectivity index (χ0v) is 22.8. The number of aromatic nitrogens is 3. The van der Waals surface area contributed by atoms with Crippen molar-refractivity contribution in [3.8, 4) is 45.0 Å². The Balaban J connectivity index is 1.36. The van der Waals surface area contributed by atoms with Crippen LogP contribution in [0.2, 0.25) is 0 Å². The van der Waals surface area contributed by atoms with Gasteiger partial charge in [-0.1, -0.05) is 121 Å². The lowest BCUT2D eigenvalue weighted by Gasteiger charge is -2.14. The fourth-order valence-electron chi connectivity index (χ4n) is 5.91. The predicted molar refractivity (Wildman–Crippen MR) is 174 cm³/mol. The Morgan fingerprint density at radius 2 is 1.07 bits per heavy atom. The zero-order chi connectivity index (χ0) is 27.9. The van der Waals surface area contributed by atoms with Crippen LogP contribution in [0.4, 0.5) is 0 Å². The molecule has 0 aliphatic rings. The number of rotatable bonds is 4. The molecule has 6 aromatic carbocycles. The van der Waals surface area contributed by atoms with E-state index in [9.17, 15) is 0 Å². The summed E-state index contributed by atoms with van der Waals surface area (Å²) in [4.78, 5) is 14.5. The molecule has 8 rings (SSSR count). The predicted octanol–water partition coefficient (Wildman–Crippen LogP) is 10.00. The normalized spacial score (nSPS) is 11.3. The summed E-state index contributed by atoms with van der Waals surface area (Å²) in [6.07, 6.45) is 3.68. The van der Waals surface area contributed by atoms with Gasteiger partial charge in [0, 0.05) is 29.1 Å². The summed E-state index contributed by atoms with van der Waals surface area (Å²) in [6, 6.07) is 48.9. The van der Waals surface area contributed by atoms with E-state index in [0.29, 0.717) is 5.82 Å². The molecule has 0 fully saturated rings. The first-order chi connectivity index (χ1) is 20.8. The van der Waals surface area contributed by atoms with E-state index < -0.39 is 0 Å². The average molecular weight is 536 g/mol. The molecule has 0 saturated heterocycles. The van der Waals surface area contributed by atoms with Crippen LogP contribution in [0.3, 0.4) is 0 Å². The minimum Gasteiger partial charge on any atom is -0.264 e. The second kappa shape index (κ2) is 10.1. The van der Waals surface area contributed by atoms with Gasteiger partial charge in [0.25, 0.3) is 0 Å². The molecule has 0 N–H and O–H groups in total. The van der Waals surface area contributed by atoms with Gasteiger partial charge in [-0.15, -0.1) is 0 Å². The molecule has 0 aliphatic carbocycles. The molecular weight excluding hydrogens is 510 g/mol. The van der Waals surface area contributed by atoms with Gasteiger partial charge in [-0.25, -0.2) is 9.97 Å². The van der Waals surface area contributed by atoms with Crippen molar-refractivity contribution in [2.24, 2.45) is 0 Å². The van der Waals surface area contributed by atoms with Crippen molar-refractivity contribution in [3.63, 3.8) is 0 Å². The van der Waals surface area contributed by atoms with Crippen molar-refractivity contribution in [1.82, 2.24) is 15.0 Å². The zero-order valence-electron chi connectivity index (χ0n) is 22.8. The first-order valence-electron chi connectivity index (χ1n) is 14.1. The molecule has 2 heterocycles. The fourth-order valence-corrected chi connectivity index (χ4v) is 5.91. The van der Waals surface area contributed by atoms with Crippen molar-refractivity contribution >= 4 is 32.3 Å². The maximum absolute atomic E-state index is 5.20. The minimum absolute atomic E-state index is 0.701. The molecular formula is C39H25N3. The van der Waals surface area contributed by atoms with Crippen molar-refractivity contribution in [1.29, 1.82) is 0 Å². The lowest BCUT2D eigenvalue weighted by molar-refractivity contribution is 1.19. The summed E-state index contributed by atoms with van der Waals surface area (Å²) in [6.45, 7) is 0. The highest BCUT2D eigenvalue weighted by Crippen LogP contribution is 2.39. The Kier molecular flexibility index (Phi) is 5.79. The van der Waals surface area contributed by atoms with Crippen LogP contribution in [0.5, 0.6) is 0 Å². The molecule has 0 atom stereocenters. The summed E-state index contributed by atoms with van der Waals surface area (Å²) in [5, 5.41) is 7.38. The highest BCUT2D eigenvalue weighted by atomic mass is 14.9. The Bertz CT molecular complexity index is 2220. The minimum atomic E-state index is 0.701. The van der Waals surface area contributed by atoms with Gasteiger partial charge in [0.15, 0.2) is 5.82 Å². The molecule has 0 amide bonds. The summed E-state index contributed by atoms with van der Waals surface area (Å²) >= 11 is 0. The third-order valence-electron chi connectivity index (χ3n) is 7.96. The lowest BCUT2D eigenvalue weighted by Crippen LogP contribution is -1.97. The van der Waals surface area contributed by atoms with E-state index in [1.54, 1.807) is 6.20 Å². The van der Waals surface area contributed by atoms with Gasteiger partial charge in [0.05, 0.1) is 11.4 Å². The number of pyridine rings is 1. The van der Waals surface area contributed by atoms with E-state index in [4.69, 9.17) is 9.97 Å². The van der Waals surface area contributed by atoms with Crippen LogP contribution in [0.25, 0.3) is 77.3 Å². The standard InChI is InChI=1S/C39H25N3/c1-2-10-28(11-3-1)36-24-37(42-39(41-36)29-19-16-26(17-20-29)31-12-8-22-40-25-31)35-23-30-21-18-27-9-4-5-13-32(27)38(30)34-15-7-6-14-33(34)35/h1-25H. The van der Waals surface area contributed by atoms with Crippen LogP contribution in [0, 0.1) is 0 Å². The van der Waals surface area contributed by atoms with Crippen LogP contribution >= 0.6 is 0 Å². The van der Waals surface area contributed by atoms with E-state index in [-0.39, 0.29) is 0 Å². The van der Waals surface area contributed by atoms with E-state index in [1.807, 2.05) is 18.3 Å². The van der Waals surface area contributed by atoms with Crippen LogP contribution in [-0.2, 0) is 0 Å². The molecule has 0 aliphatic heterocycles. The van der Waals surface area contributed by atoms with Gasteiger partial charge in [-0.2, -0.15) is 0 Å². The molecule has 0 saturated carbocycles. The van der Waals surface area contributed by atoms with Crippen molar-refractivity contribution in [2.45, 2.75) is 0 Å². The maximum atomic E-state index is 5.20. The van der Waals surface area contributed by atoms with E-state index in [0.717, 1.165) is 39.2 Å². The SMILES string of the molecule is c1ccc(-c2cc(-c3cc4ccc5ccccc5c4c4ccccc34)nc(-c3ccc(-c4cccnc4)cc3)n2)cc1. The van der Waals surface area contributed by atoms with Crippen molar-refractivity contribution in [2.75, 3.05) is 0 Å². The lowest BCUT2D eigenvalue weighted by atomic mass is 9.92. The third kappa shape index (κ3) is 4.20. The van der Waals surface area contributed by atoms with Gasteiger partial charge in [-0.3, -0.25) is 4.98 Å². The largest absolute Gasteiger partial charge is 0.264 e. The molecule has 2 aromatic heterocycles. The molecule has 0 bridgehead atoms. The summed E-state index contributed by atoms with van der Waals surface area (Å²) < 4.78 is 0. The number of hydrogen-bond acceptors (Lipinski definition) is 3. The third-order valence-corrected chi connectivity index (χ3v) is 7.96. The Labute approximate surface area is 243 Å². The quantitative estimate of drug-likeness (QED) is 0.211. The average Bonchev–Trinajstić information content (AvgIpc) is 3.08. The van der Waals surface area contributed by atoms with Gasteiger partial charge >= 0.3 is 0 Å². The highest BCUT2D eigenvalue weighted by Gasteiger charge is 2.15. The molecule has 0 radical (unpaired) electrons.